The molecule has 1 aromatic carbocycles. The Hall–Kier alpha value is -1.55. The fourth-order valence-corrected chi connectivity index (χ4v) is 2.72. The third kappa shape index (κ3) is 2.89. The van der Waals surface area contributed by atoms with Gasteiger partial charge in [0.25, 0.3) is 0 Å². The first kappa shape index (κ1) is 13.9. The monoisotopic (exact) mass is 262 g/mol. The molecular formula is C15H22N2O2. The molecule has 4 nitrogen and oxygen atoms in total. The van der Waals surface area contributed by atoms with Crippen molar-refractivity contribution in [3.8, 4) is 0 Å². The Morgan fingerprint density at radius 1 is 1.37 bits per heavy atom. The zero-order valence-electron chi connectivity index (χ0n) is 11.4. The molecule has 0 radical (unpaired) electrons. The van der Waals surface area contributed by atoms with Crippen molar-refractivity contribution in [1.29, 1.82) is 0 Å². The highest BCUT2D eigenvalue weighted by atomic mass is 16.5. The molecule has 0 saturated heterocycles. The van der Waals surface area contributed by atoms with Crippen LogP contribution in [-0.2, 0) is 16.0 Å². The van der Waals surface area contributed by atoms with Crippen LogP contribution in [0.1, 0.15) is 24.8 Å². The third-order valence-corrected chi connectivity index (χ3v) is 4.15. The van der Waals surface area contributed by atoms with E-state index in [4.69, 9.17) is 16.2 Å². The predicted molar refractivity (Wildman–Crippen MR) is 75.4 cm³/mol. The molecule has 19 heavy (non-hydrogen) atoms. The Labute approximate surface area is 114 Å². The molecule has 0 aromatic heterocycles. The van der Waals surface area contributed by atoms with Crippen LogP contribution in [0.15, 0.2) is 24.3 Å². The van der Waals surface area contributed by atoms with Crippen LogP contribution in [0.25, 0.3) is 0 Å². The van der Waals surface area contributed by atoms with Gasteiger partial charge < -0.3 is 16.2 Å². The number of esters is 1. The van der Waals surface area contributed by atoms with E-state index in [1.165, 1.54) is 12.7 Å². The predicted octanol–water partition coefficient (Wildman–Crippen LogP) is 1.73. The van der Waals surface area contributed by atoms with Gasteiger partial charge in [0, 0.05) is 12.2 Å². The second-order valence-electron chi connectivity index (χ2n) is 5.37. The zero-order valence-corrected chi connectivity index (χ0v) is 11.4. The third-order valence-electron chi connectivity index (χ3n) is 4.15. The van der Waals surface area contributed by atoms with Crippen molar-refractivity contribution in [1.82, 2.24) is 0 Å². The fraction of sp³-hybridized carbons (Fsp3) is 0.533. The number of hydrogen-bond acceptors (Lipinski definition) is 4. The summed E-state index contributed by atoms with van der Waals surface area (Å²) in [5, 5.41) is 0. The molecule has 0 aliphatic heterocycles. The molecule has 0 heterocycles. The highest BCUT2D eigenvalue weighted by Crippen LogP contribution is 2.48. The summed E-state index contributed by atoms with van der Waals surface area (Å²) in [6.45, 7) is 0.360. The summed E-state index contributed by atoms with van der Waals surface area (Å²) in [6.07, 6.45) is 3.72. The van der Waals surface area contributed by atoms with Crippen LogP contribution in [0.3, 0.4) is 0 Å². The molecule has 1 fully saturated rings. The second kappa shape index (κ2) is 5.61. The molecule has 1 unspecified atom stereocenters. The molecule has 1 aliphatic rings. The molecule has 2 rings (SSSR count). The molecule has 4 heteroatoms. The van der Waals surface area contributed by atoms with Crippen LogP contribution in [0.5, 0.6) is 0 Å². The maximum Gasteiger partial charge on any atom is 0.313 e. The van der Waals surface area contributed by atoms with Crippen molar-refractivity contribution >= 4 is 11.7 Å². The Balaban J connectivity index is 2.08. The van der Waals surface area contributed by atoms with Gasteiger partial charge >= 0.3 is 5.97 Å². The molecular weight excluding hydrogens is 240 g/mol. The Kier molecular flexibility index (Phi) is 4.10. The normalized spacial score (nSPS) is 17.8. The highest BCUT2D eigenvalue weighted by Gasteiger charge is 2.50. The topological polar surface area (TPSA) is 78.3 Å². The summed E-state index contributed by atoms with van der Waals surface area (Å²) in [7, 11) is 1.44. The Morgan fingerprint density at radius 3 is 2.47 bits per heavy atom. The van der Waals surface area contributed by atoms with E-state index in [1.54, 1.807) is 0 Å². The molecule has 1 aromatic rings. The Bertz CT molecular complexity index is 440. The smallest absolute Gasteiger partial charge is 0.313 e. The van der Waals surface area contributed by atoms with E-state index in [-0.39, 0.29) is 5.97 Å². The summed E-state index contributed by atoms with van der Waals surface area (Å²) in [5.74, 6) is 0.228. The van der Waals surface area contributed by atoms with Crippen molar-refractivity contribution in [2.45, 2.75) is 25.7 Å². The minimum absolute atomic E-state index is 0.159. The lowest BCUT2D eigenvalue weighted by Crippen LogP contribution is -2.42. The summed E-state index contributed by atoms with van der Waals surface area (Å²) >= 11 is 0. The van der Waals surface area contributed by atoms with Gasteiger partial charge in [0.15, 0.2) is 0 Å². The number of carbonyl (C=O) groups is 1. The van der Waals surface area contributed by atoms with E-state index >= 15 is 0 Å². The minimum atomic E-state index is -0.504. The minimum Gasteiger partial charge on any atom is -0.469 e. The lowest BCUT2D eigenvalue weighted by molar-refractivity contribution is -0.154. The number of ether oxygens (including phenoxy) is 1. The van der Waals surface area contributed by atoms with Gasteiger partial charge in [0.1, 0.15) is 0 Å². The first-order valence-corrected chi connectivity index (χ1v) is 6.75. The maximum atomic E-state index is 12.1. The first-order chi connectivity index (χ1) is 9.12. The van der Waals surface area contributed by atoms with E-state index in [2.05, 4.69) is 0 Å². The summed E-state index contributed by atoms with van der Waals surface area (Å²) < 4.78 is 4.98. The van der Waals surface area contributed by atoms with E-state index < -0.39 is 5.41 Å². The van der Waals surface area contributed by atoms with Crippen molar-refractivity contribution in [2.75, 3.05) is 19.4 Å². The van der Waals surface area contributed by atoms with Gasteiger partial charge in [-0.05, 0) is 49.3 Å². The van der Waals surface area contributed by atoms with Gasteiger partial charge in [-0.2, -0.15) is 0 Å². The van der Waals surface area contributed by atoms with Gasteiger partial charge in [-0.3, -0.25) is 4.79 Å². The van der Waals surface area contributed by atoms with Crippen molar-refractivity contribution in [2.24, 2.45) is 17.1 Å². The molecule has 1 atom stereocenters. The second-order valence-corrected chi connectivity index (χ2v) is 5.37. The van der Waals surface area contributed by atoms with Crippen LogP contribution in [0, 0.1) is 11.3 Å². The lowest BCUT2D eigenvalue weighted by Gasteiger charge is -2.29. The number of methoxy groups -OCH3 is 1. The molecule has 104 valence electrons. The van der Waals surface area contributed by atoms with Crippen LogP contribution in [0.2, 0.25) is 0 Å². The molecule has 1 aliphatic carbocycles. The molecule has 4 N–H and O–H groups in total. The van der Waals surface area contributed by atoms with Crippen LogP contribution >= 0.6 is 0 Å². The summed E-state index contributed by atoms with van der Waals surface area (Å²) in [4.78, 5) is 12.1. The number of benzene rings is 1. The van der Waals surface area contributed by atoms with Crippen molar-refractivity contribution < 1.29 is 9.53 Å². The lowest BCUT2D eigenvalue weighted by atomic mass is 9.77. The van der Waals surface area contributed by atoms with Gasteiger partial charge in [-0.1, -0.05) is 12.1 Å². The average Bonchev–Trinajstić information content (AvgIpc) is 3.26. The van der Waals surface area contributed by atoms with Crippen LogP contribution in [0.4, 0.5) is 5.69 Å². The number of anilines is 1. The Morgan fingerprint density at radius 2 is 2.00 bits per heavy atom. The van der Waals surface area contributed by atoms with Gasteiger partial charge in [-0.25, -0.2) is 0 Å². The SMILES string of the molecule is COC(=O)C(CN)(CCc1ccc(N)cc1)C1CC1. The zero-order chi connectivity index (χ0) is 13.9. The highest BCUT2D eigenvalue weighted by molar-refractivity contribution is 5.78. The number of aryl methyl sites for hydroxylation is 1. The largest absolute Gasteiger partial charge is 0.469 e. The first-order valence-electron chi connectivity index (χ1n) is 6.75. The summed E-state index contributed by atoms with van der Waals surface area (Å²) in [5.41, 5.74) is 13.0. The van der Waals surface area contributed by atoms with E-state index in [1.807, 2.05) is 24.3 Å². The molecule has 0 bridgehead atoms. The number of carbonyl (C=O) groups excluding carboxylic acids is 1. The number of rotatable bonds is 6. The number of nitrogen functional groups attached to an aromatic ring is 1. The van der Waals surface area contributed by atoms with Gasteiger partial charge in [-0.15, -0.1) is 0 Å². The van der Waals surface area contributed by atoms with Crippen molar-refractivity contribution in [3.05, 3.63) is 29.8 Å². The van der Waals surface area contributed by atoms with Gasteiger partial charge in [0.2, 0.25) is 0 Å². The average molecular weight is 262 g/mol. The molecule has 1 saturated carbocycles. The number of hydrogen-bond donors (Lipinski definition) is 2. The molecule has 0 spiro atoms. The summed E-state index contributed by atoms with van der Waals surface area (Å²) in [6, 6.07) is 7.77. The fourth-order valence-electron chi connectivity index (χ4n) is 2.72. The van der Waals surface area contributed by atoms with Crippen LogP contribution < -0.4 is 11.5 Å². The van der Waals surface area contributed by atoms with E-state index in [0.29, 0.717) is 12.5 Å². The van der Waals surface area contributed by atoms with E-state index in [0.717, 1.165) is 31.4 Å². The van der Waals surface area contributed by atoms with Crippen molar-refractivity contribution in [3.63, 3.8) is 0 Å². The van der Waals surface area contributed by atoms with Gasteiger partial charge in [0.05, 0.1) is 12.5 Å². The quantitative estimate of drug-likeness (QED) is 0.604. The van der Waals surface area contributed by atoms with Crippen LogP contribution in [-0.4, -0.2) is 19.6 Å². The number of nitrogens with two attached hydrogens (primary N) is 2. The van der Waals surface area contributed by atoms with E-state index in [9.17, 15) is 4.79 Å². The standard InChI is InChI=1S/C15H22N2O2/c1-19-14(18)15(10-16,12-4-5-12)9-8-11-2-6-13(17)7-3-11/h2-3,6-7,12H,4-5,8-10,16-17H2,1H3. The molecule has 0 amide bonds. The maximum absolute atomic E-state index is 12.1.